The normalized spacial score (nSPS) is 22.1. The predicted octanol–water partition coefficient (Wildman–Crippen LogP) is 2.03. The molecule has 6 heteroatoms. The van der Waals surface area contributed by atoms with Gasteiger partial charge in [0, 0.05) is 6.04 Å². The van der Waals surface area contributed by atoms with Crippen molar-refractivity contribution in [1.29, 1.82) is 0 Å². The van der Waals surface area contributed by atoms with Gasteiger partial charge in [-0.3, -0.25) is 4.79 Å². The zero-order valence-electron chi connectivity index (χ0n) is 14.9. The zero-order chi connectivity index (χ0) is 17.4. The van der Waals surface area contributed by atoms with Gasteiger partial charge in [0.15, 0.2) is 6.61 Å². The molecule has 1 saturated carbocycles. The molecule has 0 aromatic heterocycles. The first-order chi connectivity index (χ1) is 11.3. The number of hydrogen-bond donors (Lipinski definition) is 1. The summed E-state index contributed by atoms with van der Waals surface area (Å²) in [5, 5.41) is 2.96. The van der Waals surface area contributed by atoms with Crippen LogP contribution < -0.4 is 15.5 Å². The van der Waals surface area contributed by atoms with E-state index in [9.17, 15) is 4.79 Å². The second-order valence-electron chi connectivity index (χ2n) is 7.64. The van der Waals surface area contributed by atoms with Gasteiger partial charge in [-0.25, -0.2) is 0 Å². The first-order valence-corrected chi connectivity index (χ1v) is 8.65. The summed E-state index contributed by atoms with van der Waals surface area (Å²) in [6.45, 7) is 8.13. The van der Waals surface area contributed by atoms with Crippen molar-refractivity contribution in [3.63, 3.8) is 0 Å². The monoisotopic (exact) mass is 331 g/mol. The summed E-state index contributed by atoms with van der Waals surface area (Å²) in [6.07, 6.45) is 3.34. The van der Waals surface area contributed by atoms with E-state index in [4.69, 9.17) is 14.0 Å². The average molecular weight is 331 g/mol. The number of carbonyl (C=O) groups excluding carboxylic acids is 1. The molecular weight excluding hydrogens is 305 g/mol. The highest BCUT2D eigenvalue weighted by molar-refractivity contribution is 6.62. The van der Waals surface area contributed by atoms with Crippen molar-refractivity contribution in [3.05, 3.63) is 24.3 Å². The van der Waals surface area contributed by atoms with Crippen LogP contribution in [0.15, 0.2) is 24.3 Å². The van der Waals surface area contributed by atoms with Crippen molar-refractivity contribution in [2.75, 3.05) is 6.61 Å². The van der Waals surface area contributed by atoms with Crippen LogP contribution in [0.1, 0.15) is 47.0 Å². The Bertz CT molecular complexity index is 597. The number of benzene rings is 1. The van der Waals surface area contributed by atoms with E-state index in [0.29, 0.717) is 11.8 Å². The lowest BCUT2D eigenvalue weighted by molar-refractivity contribution is -0.124. The van der Waals surface area contributed by atoms with Crippen molar-refractivity contribution in [3.8, 4) is 5.75 Å². The molecule has 2 fully saturated rings. The molecule has 2 aliphatic rings. The van der Waals surface area contributed by atoms with E-state index in [1.165, 1.54) is 6.42 Å². The van der Waals surface area contributed by atoms with Gasteiger partial charge in [0.1, 0.15) is 5.75 Å². The van der Waals surface area contributed by atoms with E-state index in [1.807, 2.05) is 52.0 Å². The summed E-state index contributed by atoms with van der Waals surface area (Å²) in [7, 11) is -0.428. The standard InChI is InChI=1S/C18H26BNO4/c1-17(2)18(3,4)24-19(23-17)13-7-5-10-15(11-13)22-12-16(21)20-14-8-6-9-14/h5,7,10-11,14H,6,8-9,12H2,1-4H3,(H,20,21). The lowest BCUT2D eigenvalue weighted by Gasteiger charge is -2.32. The lowest BCUT2D eigenvalue weighted by Crippen LogP contribution is -2.41. The topological polar surface area (TPSA) is 56.8 Å². The number of ether oxygens (including phenoxy) is 1. The Hall–Kier alpha value is -1.53. The average Bonchev–Trinajstić information content (AvgIpc) is 2.70. The van der Waals surface area contributed by atoms with Gasteiger partial charge in [0.2, 0.25) is 0 Å². The minimum Gasteiger partial charge on any atom is -0.484 e. The molecule has 24 heavy (non-hydrogen) atoms. The molecule has 1 aromatic rings. The van der Waals surface area contributed by atoms with Crippen LogP contribution in [-0.4, -0.2) is 36.9 Å². The Morgan fingerprint density at radius 3 is 2.50 bits per heavy atom. The largest absolute Gasteiger partial charge is 0.494 e. The van der Waals surface area contributed by atoms with Crippen molar-refractivity contribution in [2.45, 2.75) is 64.2 Å². The predicted molar refractivity (Wildman–Crippen MR) is 93.4 cm³/mol. The van der Waals surface area contributed by atoms with Crippen LogP contribution in [0.3, 0.4) is 0 Å². The van der Waals surface area contributed by atoms with Crippen molar-refractivity contribution >= 4 is 18.5 Å². The van der Waals surface area contributed by atoms with Crippen LogP contribution in [0.2, 0.25) is 0 Å². The Morgan fingerprint density at radius 1 is 1.25 bits per heavy atom. The Kier molecular flexibility index (Phi) is 4.62. The molecule has 0 atom stereocenters. The highest BCUT2D eigenvalue weighted by Gasteiger charge is 2.51. The van der Waals surface area contributed by atoms with Crippen LogP contribution >= 0.6 is 0 Å². The summed E-state index contributed by atoms with van der Waals surface area (Å²) >= 11 is 0. The Balaban J connectivity index is 1.59. The second-order valence-corrected chi connectivity index (χ2v) is 7.64. The first kappa shape index (κ1) is 17.3. The first-order valence-electron chi connectivity index (χ1n) is 8.65. The molecular formula is C18H26BNO4. The molecule has 0 radical (unpaired) electrons. The van der Waals surface area contributed by atoms with Crippen LogP contribution in [0.5, 0.6) is 5.75 Å². The SMILES string of the molecule is CC1(C)OB(c2cccc(OCC(=O)NC3CCC3)c2)OC1(C)C. The minimum absolute atomic E-state index is 0.0311. The highest BCUT2D eigenvalue weighted by atomic mass is 16.7. The van der Waals surface area contributed by atoms with Gasteiger partial charge >= 0.3 is 7.12 Å². The quantitative estimate of drug-likeness (QED) is 0.839. The summed E-state index contributed by atoms with van der Waals surface area (Å²) < 4.78 is 17.7. The molecule has 1 aliphatic carbocycles. The third-order valence-electron chi connectivity index (χ3n) is 5.22. The molecule has 1 saturated heterocycles. The maximum absolute atomic E-state index is 11.8. The van der Waals surface area contributed by atoms with Gasteiger partial charge in [-0.15, -0.1) is 0 Å². The number of nitrogens with one attached hydrogen (secondary N) is 1. The molecule has 5 nitrogen and oxygen atoms in total. The fraction of sp³-hybridized carbons (Fsp3) is 0.611. The van der Waals surface area contributed by atoms with E-state index < -0.39 is 7.12 Å². The van der Waals surface area contributed by atoms with Gasteiger partial charge < -0.3 is 19.4 Å². The number of amides is 1. The Morgan fingerprint density at radius 2 is 1.92 bits per heavy atom. The minimum atomic E-state index is -0.428. The maximum atomic E-state index is 11.8. The van der Waals surface area contributed by atoms with Crippen LogP contribution in [-0.2, 0) is 14.1 Å². The molecule has 1 heterocycles. The van der Waals surface area contributed by atoms with Crippen molar-refractivity contribution in [2.24, 2.45) is 0 Å². The molecule has 130 valence electrons. The van der Waals surface area contributed by atoms with E-state index in [1.54, 1.807) is 0 Å². The molecule has 1 amide bonds. The smallest absolute Gasteiger partial charge is 0.484 e. The Labute approximate surface area is 144 Å². The number of carbonyl (C=O) groups is 1. The molecule has 1 aromatic carbocycles. The number of rotatable bonds is 5. The lowest BCUT2D eigenvalue weighted by atomic mass is 9.79. The molecule has 0 unspecified atom stereocenters. The second kappa shape index (κ2) is 6.41. The maximum Gasteiger partial charge on any atom is 0.494 e. The van der Waals surface area contributed by atoms with Crippen LogP contribution in [0.25, 0.3) is 0 Å². The van der Waals surface area contributed by atoms with Gasteiger partial charge in [-0.05, 0) is 64.6 Å². The van der Waals surface area contributed by atoms with Crippen molar-refractivity contribution < 1.29 is 18.8 Å². The third-order valence-corrected chi connectivity index (χ3v) is 5.22. The third kappa shape index (κ3) is 3.60. The fourth-order valence-electron chi connectivity index (χ4n) is 2.70. The van der Waals surface area contributed by atoms with Gasteiger partial charge in [-0.1, -0.05) is 12.1 Å². The van der Waals surface area contributed by atoms with E-state index >= 15 is 0 Å². The van der Waals surface area contributed by atoms with Crippen LogP contribution in [0, 0.1) is 0 Å². The molecule has 0 spiro atoms. The molecule has 1 N–H and O–H groups in total. The van der Waals surface area contributed by atoms with Gasteiger partial charge in [0.25, 0.3) is 5.91 Å². The van der Waals surface area contributed by atoms with Gasteiger partial charge in [0.05, 0.1) is 11.2 Å². The molecule has 0 bridgehead atoms. The van der Waals surface area contributed by atoms with E-state index in [-0.39, 0.29) is 23.7 Å². The number of hydrogen-bond acceptors (Lipinski definition) is 4. The van der Waals surface area contributed by atoms with Gasteiger partial charge in [-0.2, -0.15) is 0 Å². The molecule has 1 aliphatic heterocycles. The zero-order valence-corrected chi connectivity index (χ0v) is 14.9. The summed E-state index contributed by atoms with van der Waals surface area (Å²) in [6, 6.07) is 7.88. The van der Waals surface area contributed by atoms with E-state index in [2.05, 4.69) is 5.32 Å². The van der Waals surface area contributed by atoms with Crippen molar-refractivity contribution in [1.82, 2.24) is 5.32 Å². The summed E-state index contributed by atoms with van der Waals surface area (Å²) in [4.78, 5) is 11.8. The highest BCUT2D eigenvalue weighted by Crippen LogP contribution is 2.36. The fourth-order valence-corrected chi connectivity index (χ4v) is 2.70. The van der Waals surface area contributed by atoms with Crippen LogP contribution in [0.4, 0.5) is 0 Å². The summed E-state index contributed by atoms with van der Waals surface area (Å²) in [5.74, 6) is 0.576. The van der Waals surface area contributed by atoms with E-state index in [0.717, 1.165) is 18.3 Å². The summed E-state index contributed by atoms with van der Waals surface area (Å²) in [5.41, 5.74) is 0.138. The molecule has 3 rings (SSSR count).